The van der Waals surface area contributed by atoms with E-state index in [0.717, 1.165) is 38.1 Å². The van der Waals surface area contributed by atoms with Crippen LogP contribution in [0.1, 0.15) is 41.6 Å². The zero-order valence-electron chi connectivity index (χ0n) is 21.3. The number of nitrogens with zero attached hydrogens (tertiary/aromatic N) is 1. The van der Waals surface area contributed by atoms with E-state index in [1.165, 1.54) is 18.0 Å². The third-order valence-corrected chi connectivity index (χ3v) is 8.09. The van der Waals surface area contributed by atoms with Gasteiger partial charge in [0.25, 0.3) is 5.03 Å². The Morgan fingerprint density at radius 3 is 2.34 bits per heavy atom. The van der Waals surface area contributed by atoms with Gasteiger partial charge in [-0.2, -0.15) is 4.73 Å². The molecule has 5 rings (SSSR count). The number of aliphatic hydroxyl groups excluding tert-OH is 1. The van der Waals surface area contributed by atoms with Crippen LogP contribution in [-0.2, 0) is 22.6 Å². The Balaban J connectivity index is 1.40. The van der Waals surface area contributed by atoms with E-state index in [9.17, 15) is 10.3 Å². The van der Waals surface area contributed by atoms with Crippen LogP contribution in [0.4, 0.5) is 0 Å². The molecule has 1 aliphatic rings. The number of aromatic nitrogens is 1. The molecule has 2 heterocycles. The Morgan fingerprint density at radius 1 is 0.868 bits per heavy atom. The molecule has 0 saturated carbocycles. The van der Waals surface area contributed by atoms with Crippen LogP contribution in [0.2, 0.25) is 0 Å². The summed E-state index contributed by atoms with van der Waals surface area (Å²) < 4.78 is 14.0. The van der Waals surface area contributed by atoms with Crippen LogP contribution in [-0.4, -0.2) is 17.0 Å². The molecular weight excluding hydrogens is 496 g/mol. The molecule has 4 aromatic rings. The van der Waals surface area contributed by atoms with E-state index in [1.54, 1.807) is 6.07 Å². The van der Waals surface area contributed by atoms with Crippen molar-refractivity contribution in [2.45, 2.75) is 43.6 Å². The summed E-state index contributed by atoms with van der Waals surface area (Å²) in [5.41, 5.74) is 11.9. The van der Waals surface area contributed by atoms with Crippen molar-refractivity contribution in [1.29, 1.82) is 0 Å². The lowest BCUT2D eigenvalue weighted by Gasteiger charge is -2.41. The van der Waals surface area contributed by atoms with Crippen molar-refractivity contribution < 1.29 is 19.3 Å². The summed E-state index contributed by atoms with van der Waals surface area (Å²) in [4.78, 5) is 0. The number of ether oxygens (including phenoxy) is 2. The van der Waals surface area contributed by atoms with E-state index in [0.29, 0.717) is 17.3 Å². The highest BCUT2D eigenvalue weighted by molar-refractivity contribution is 7.99. The highest BCUT2D eigenvalue weighted by Gasteiger charge is 2.38. The molecule has 3 N–H and O–H groups in total. The minimum absolute atomic E-state index is 0.000827. The quantitative estimate of drug-likeness (QED) is 0.178. The first-order chi connectivity index (χ1) is 18.6. The first kappa shape index (κ1) is 26.4. The van der Waals surface area contributed by atoms with Gasteiger partial charge in [0.05, 0.1) is 18.8 Å². The van der Waals surface area contributed by atoms with E-state index in [4.69, 9.17) is 15.2 Å². The van der Waals surface area contributed by atoms with Gasteiger partial charge in [-0.3, -0.25) is 0 Å². The highest BCUT2D eigenvalue weighted by atomic mass is 32.2. The van der Waals surface area contributed by atoms with Gasteiger partial charge in [-0.15, -0.1) is 0 Å². The summed E-state index contributed by atoms with van der Waals surface area (Å²) in [6.45, 7) is 2.62. The van der Waals surface area contributed by atoms with Gasteiger partial charge in [-0.05, 0) is 39.9 Å². The number of pyridine rings is 1. The van der Waals surface area contributed by atoms with E-state index >= 15 is 0 Å². The monoisotopic (exact) mass is 528 g/mol. The Morgan fingerprint density at radius 2 is 1.63 bits per heavy atom. The van der Waals surface area contributed by atoms with Crippen LogP contribution in [0.25, 0.3) is 11.1 Å². The van der Waals surface area contributed by atoms with E-state index in [2.05, 4.69) is 31.2 Å². The van der Waals surface area contributed by atoms with Crippen LogP contribution >= 0.6 is 11.8 Å². The van der Waals surface area contributed by atoms with E-state index in [1.807, 2.05) is 60.7 Å². The molecule has 0 bridgehead atoms. The third-order valence-electron chi connectivity index (χ3n) is 6.99. The highest BCUT2D eigenvalue weighted by Crippen LogP contribution is 2.43. The molecule has 1 fully saturated rings. The Bertz CT molecular complexity index is 1350. The maximum atomic E-state index is 12.2. The van der Waals surface area contributed by atoms with Crippen molar-refractivity contribution >= 4 is 11.8 Å². The van der Waals surface area contributed by atoms with Gasteiger partial charge < -0.3 is 25.5 Å². The van der Waals surface area contributed by atoms with Gasteiger partial charge in [0, 0.05) is 35.9 Å². The minimum atomic E-state index is -0.557. The summed E-state index contributed by atoms with van der Waals surface area (Å²) in [6, 6.07) is 29.8. The number of thioether (sulfide) groups is 1. The predicted molar refractivity (Wildman–Crippen MR) is 149 cm³/mol. The molecular formula is C31H32N2O4S. The summed E-state index contributed by atoms with van der Waals surface area (Å²) >= 11 is 1.49. The van der Waals surface area contributed by atoms with Crippen LogP contribution in [0.5, 0.6) is 0 Å². The molecule has 38 heavy (non-hydrogen) atoms. The van der Waals surface area contributed by atoms with Gasteiger partial charge in [0.2, 0.25) is 0 Å². The summed E-state index contributed by atoms with van der Waals surface area (Å²) in [6.07, 6.45) is 0.597. The van der Waals surface area contributed by atoms with Crippen LogP contribution in [0, 0.1) is 11.1 Å². The number of hydrogen-bond acceptors (Lipinski definition) is 6. The van der Waals surface area contributed by atoms with Crippen molar-refractivity contribution in [2.75, 3.05) is 5.75 Å². The van der Waals surface area contributed by atoms with Crippen molar-refractivity contribution in [3.63, 3.8) is 0 Å². The molecule has 0 aliphatic carbocycles. The minimum Gasteiger partial charge on any atom is -0.618 e. The Kier molecular flexibility index (Phi) is 8.42. The molecule has 4 atom stereocenters. The van der Waals surface area contributed by atoms with Crippen molar-refractivity contribution in [1.82, 2.24) is 0 Å². The first-order valence-electron chi connectivity index (χ1n) is 12.8. The zero-order valence-corrected chi connectivity index (χ0v) is 22.1. The normalized spacial score (nSPS) is 21.3. The van der Waals surface area contributed by atoms with Crippen molar-refractivity contribution in [3.05, 3.63) is 125 Å². The summed E-state index contributed by atoms with van der Waals surface area (Å²) in [5, 5.41) is 22.3. The number of rotatable bonds is 8. The number of hydrogen-bond donors (Lipinski definition) is 2. The van der Waals surface area contributed by atoms with Gasteiger partial charge in [0.1, 0.15) is 0 Å². The second kappa shape index (κ2) is 12.1. The zero-order chi connectivity index (χ0) is 26.5. The van der Waals surface area contributed by atoms with Gasteiger partial charge in [-0.25, -0.2) is 0 Å². The molecule has 1 aromatic heterocycles. The second-order valence-corrected chi connectivity index (χ2v) is 10.6. The fourth-order valence-corrected chi connectivity index (χ4v) is 5.79. The lowest BCUT2D eigenvalue weighted by atomic mass is 9.91. The standard InChI is InChI=1S/C31H32N2O4S/c1-21-28(20-38-29-7-2-3-16-33(29)35)36-31(37-30(21)25-10-8-22(19-34)9-11-25)26-14-12-24(13-15-26)27-6-4-5-23(17-27)18-32/h2-17,21,28,30-31,34H,18-20,32H2,1H3/t21-,28+,30+,31+/m0/s1. The van der Waals surface area contributed by atoms with Crippen LogP contribution in [0.3, 0.4) is 0 Å². The average molecular weight is 529 g/mol. The summed E-state index contributed by atoms with van der Waals surface area (Å²) in [7, 11) is 0. The van der Waals surface area contributed by atoms with Crippen LogP contribution in [0.15, 0.2) is 102 Å². The number of aliphatic hydroxyl groups is 1. The fourth-order valence-electron chi connectivity index (χ4n) is 4.71. The third kappa shape index (κ3) is 5.93. The predicted octanol–water partition coefficient (Wildman–Crippen LogP) is 5.52. The van der Waals surface area contributed by atoms with Gasteiger partial charge in [-0.1, -0.05) is 85.4 Å². The molecule has 0 spiro atoms. The molecule has 3 aromatic carbocycles. The fraction of sp³-hybridized carbons (Fsp3) is 0.258. The lowest BCUT2D eigenvalue weighted by Crippen LogP contribution is -2.39. The van der Waals surface area contributed by atoms with Crippen molar-refractivity contribution in [2.24, 2.45) is 11.7 Å². The Hall–Kier alpha value is -3.20. The lowest BCUT2D eigenvalue weighted by molar-refractivity contribution is -0.645. The van der Waals surface area contributed by atoms with Crippen LogP contribution < -0.4 is 10.5 Å². The molecule has 1 saturated heterocycles. The smallest absolute Gasteiger partial charge is 0.251 e. The number of nitrogens with two attached hydrogens (primary N) is 1. The van der Waals surface area contributed by atoms with E-state index < -0.39 is 6.29 Å². The molecule has 0 unspecified atom stereocenters. The number of benzene rings is 3. The van der Waals surface area contributed by atoms with Crippen molar-refractivity contribution in [3.8, 4) is 11.1 Å². The second-order valence-electron chi connectivity index (χ2n) is 9.52. The first-order valence-corrected chi connectivity index (χ1v) is 13.7. The van der Waals surface area contributed by atoms with Gasteiger partial charge >= 0.3 is 0 Å². The maximum Gasteiger partial charge on any atom is 0.251 e. The maximum absolute atomic E-state index is 12.2. The Labute approximate surface area is 227 Å². The SMILES string of the molecule is C[C@H]1[C@@H](CSc2cccc[n+]2[O-])O[C@@H](c2ccc(-c3cccc(CN)c3)cc2)O[C@H]1c1ccc(CO)cc1. The largest absolute Gasteiger partial charge is 0.618 e. The topological polar surface area (TPSA) is 91.7 Å². The molecule has 7 heteroatoms. The van der Waals surface area contributed by atoms with E-state index in [-0.39, 0.29) is 24.7 Å². The van der Waals surface area contributed by atoms with Gasteiger partial charge in [0.15, 0.2) is 12.5 Å². The average Bonchev–Trinajstić information content (AvgIpc) is 2.97. The molecule has 1 aliphatic heterocycles. The molecule has 6 nitrogen and oxygen atoms in total. The molecule has 0 radical (unpaired) electrons. The molecule has 196 valence electrons. The molecule has 0 amide bonds. The summed E-state index contributed by atoms with van der Waals surface area (Å²) in [5.74, 6) is 0.656.